The highest BCUT2D eigenvalue weighted by Crippen LogP contribution is 2.18. The molecule has 23 heavy (non-hydrogen) atoms. The summed E-state index contributed by atoms with van der Waals surface area (Å²) in [6.07, 6.45) is 0. The average molecular weight is 336 g/mol. The molecule has 2 rings (SSSR count). The monoisotopic (exact) mass is 336 g/mol. The van der Waals surface area contributed by atoms with Crippen molar-refractivity contribution in [3.8, 4) is 0 Å². The number of hydrazine groups is 1. The molecule has 2 N–H and O–H groups in total. The topological polar surface area (TPSA) is 93.1 Å². The molecule has 0 aliphatic carbocycles. The largest absolute Gasteiger partial charge is 0.273 e. The number of aromatic nitrogens is 2. The quantitative estimate of drug-likeness (QED) is 0.823. The van der Waals surface area contributed by atoms with E-state index in [9.17, 15) is 13.2 Å². The van der Waals surface area contributed by atoms with E-state index in [1.807, 2.05) is 13.0 Å². The number of sulfonamides is 1. The number of hydrogen-bond acceptors (Lipinski definition) is 4. The van der Waals surface area contributed by atoms with Crippen LogP contribution < -0.4 is 10.3 Å². The van der Waals surface area contributed by atoms with Crippen molar-refractivity contribution in [3.63, 3.8) is 0 Å². The first kappa shape index (κ1) is 17.2. The first-order chi connectivity index (χ1) is 10.6. The van der Waals surface area contributed by atoms with E-state index >= 15 is 0 Å². The number of amides is 1. The van der Waals surface area contributed by atoms with E-state index in [0.717, 1.165) is 11.1 Å². The standard InChI is InChI=1S/C15H20N4O3S/c1-9-6-7-13(10(2)8-9)15(20)16-18-23(21,22)14-11(3)17-19(5)12(14)4/h6-8,18H,1-5H3,(H,16,20). The van der Waals surface area contributed by atoms with Gasteiger partial charge in [0, 0.05) is 12.6 Å². The first-order valence-electron chi connectivity index (χ1n) is 7.03. The van der Waals surface area contributed by atoms with Crippen molar-refractivity contribution in [2.45, 2.75) is 32.6 Å². The molecule has 0 aliphatic heterocycles. The molecule has 0 saturated carbocycles. The molecule has 2 aromatic rings. The molecule has 0 saturated heterocycles. The third-order valence-corrected chi connectivity index (χ3v) is 5.14. The molecule has 124 valence electrons. The molecule has 0 radical (unpaired) electrons. The van der Waals surface area contributed by atoms with Gasteiger partial charge in [0.25, 0.3) is 15.9 Å². The maximum Gasteiger partial charge on any atom is 0.266 e. The number of rotatable bonds is 4. The Morgan fingerprint density at radius 3 is 2.35 bits per heavy atom. The Bertz CT molecular complexity index is 869. The van der Waals surface area contributed by atoms with Crippen molar-refractivity contribution in [1.82, 2.24) is 20.0 Å². The van der Waals surface area contributed by atoms with Crippen LogP contribution in [0, 0.1) is 27.7 Å². The van der Waals surface area contributed by atoms with Crippen LogP contribution >= 0.6 is 0 Å². The fraction of sp³-hybridized carbons (Fsp3) is 0.333. The molecule has 0 fully saturated rings. The zero-order valence-corrected chi connectivity index (χ0v) is 14.6. The van der Waals surface area contributed by atoms with Crippen molar-refractivity contribution < 1.29 is 13.2 Å². The van der Waals surface area contributed by atoms with Gasteiger partial charge < -0.3 is 0 Å². The van der Waals surface area contributed by atoms with Crippen molar-refractivity contribution >= 4 is 15.9 Å². The number of nitrogens with zero attached hydrogens (tertiary/aromatic N) is 2. The van der Waals surface area contributed by atoms with E-state index < -0.39 is 15.9 Å². The van der Waals surface area contributed by atoms with Crippen LogP contribution in [0.2, 0.25) is 0 Å². The molecule has 0 atom stereocenters. The third kappa shape index (κ3) is 3.43. The third-order valence-electron chi connectivity index (χ3n) is 3.64. The summed E-state index contributed by atoms with van der Waals surface area (Å²) in [5, 5.41) is 4.07. The average Bonchev–Trinajstić information content (AvgIpc) is 2.70. The SMILES string of the molecule is Cc1ccc(C(=O)NNS(=O)(=O)c2c(C)nn(C)c2C)c(C)c1. The van der Waals surface area contributed by atoms with Crippen LogP contribution in [-0.2, 0) is 17.1 Å². The summed E-state index contributed by atoms with van der Waals surface area (Å²) >= 11 is 0. The number of hydrogen-bond donors (Lipinski definition) is 2. The summed E-state index contributed by atoms with van der Waals surface area (Å²) in [4.78, 5) is 14.4. The van der Waals surface area contributed by atoms with Gasteiger partial charge in [0.15, 0.2) is 0 Å². The van der Waals surface area contributed by atoms with Gasteiger partial charge >= 0.3 is 0 Å². The lowest BCUT2D eigenvalue weighted by atomic mass is 10.1. The first-order valence-corrected chi connectivity index (χ1v) is 8.51. The molecule has 0 bridgehead atoms. The molecule has 1 heterocycles. The zero-order chi connectivity index (χ0) is 17.4. The van der Waals surface area contributed by atoms with Crippen LogP contribution in [0.1, 0.15) is 32.9 Å². The van der Waals surface area contributed by atoms with Crippen LogP contribution in [0.4, 0.5) is 0 Å². The van der Waals surface area contributed by atoms with E-state index in [2.05, 4.69) is 15.4 Å². The maximum atomic E-state index is 12.4. The van der Waals surface area contributed by atoms with Gasteiger partial charge in [-0.15, -0.1) is 4.83 Å². The van der Waals surface area contributed by atoms with E-state index in [-0.39, 0.29) is 4.90 Å². The van der Waals surface area contributed by atoms with Gasteiger partial charge in [-0.1, -0.05) is 17.7 Å². The zero-order valence-electron chi connectivity index (χ0n) is 13.8. The summed E-state index contributed by atoms with van der Waals surface area (Å²) in [6.45, 7) is 6.98. The summed E-state index contributed by atoms with van der Waals surface area (Å²) in [5.41, 5.74) is 5.33. The minimum atomic E-state index is -3.89. The van der Waals surface area contributed by atoms with Gasteiger partial charge in [0.05, 0.1) is 11.4 Å². The minimum Gasteiger partial charge on any atom is -0.273 e. The van der Waals surface area contributed by atoms with Crippen LogP contribution in [0.15, 0.2) is 23.1 Å². The van der Waals surface area contributed by atoms with E-state index in [1.54, 1.807) is 40.0 Å². The van der Waals surface area contributed by atoms with Crippen molar-refractivity contribution in [2.24, 2.45) is 7.05 Å². The number of aryl methyl sites for hydroxylation is 4. The van der Waals surface area contributed by atoms with Gasteiger partial charge in [-0.25, -0.2) is 8.42 Å². The molecule has 1 amide bonds. The lowest BCUT2D eigenvalue weighted by Gasteiger charge is -2.10. The summed E-state index contributed by atoms with van der Waals surface area (Å²) in [7, 11) is -2.23. The normalized spacial score (nSPS) is 11.5. The maximum absolute atomic E-state index is 12.4. The summed E-state index contributed by atoms with van der Waals surface area (Å²) in [6, 6.07) is 5.32. The van der Waals surface area contributed by atoms with Gasteiger partial charge in [0.2, 0.25) is 0 Å². The predicted octanol–water partition coefficient (Wildman–Crippen LogP) is 1.28. The fourth-order valence-corrected chi connectivity index (χ4v) is 3.72. The van der Waals surface area contributed by atoms with Gasteiger partial charge in [-0.2, -0.15) is 5.10 Å². The van der Waals surface area contributed by atoms with Gasteiger partial charge in [0.1, 0.15) is 4.90 Å². The molecule has 0 aliphatic rings. The second-order valence-corrected chi connectivity index (χ2v) is 7.12. The fourth-order valence-electron chi connectivity index (χ4n) is 2.44. The van der Waals surface area contributed by atoms with Gasteiger partial charge in [-0.05, 0) is 39.3 Å². The second-order valence-electron chi connectivity index (χ2n) is 5.50. The molecule has 0 unspecified atom stereocenters. The molecule has 8 heteroatoms. The van der Waals surface area contributed by atoms with Gasteiger partial charge in [-0.3, -0.25) is 14.9 Å². The second kappa shape index (κ2) is 6.13. The van der Waals surface area contributed by atoms with E-state index in [1.165, 1.54) is 4.68 Å². The summed E-state index contributed by atoms with van der Waals surface area (Å²) < 4.78 is 26.2. The lowest BCUT2D eigenvalue weighted by Crippen LogP contribution is -2.42. The Labute approximate surface area is 135 Å². The van der Waals surface area contributed by atoms with E-state index in [0.29, 0.717) is 17.0 Å². The Balaban J connectivity index is 2.21. The van der Waals surface area contributed by atoms with Crippen molar-refractivity contribution in [2.75, 3.05) is 0 Å². The Hall–Kier alpha value is -2.19. The van der Waals surface area contributed by atoms with Crippen LogP contribution in [0.25, 0.3) is 0 Å². The van der Waals surface area contributed by atoms with Crippen molar-refractivity contribution in [1.29, 1.82) is 0 Å². The Morgan fingerprint density at radius 2 is 1.83 bits per heavy atom. The predicted molar refractivity (Wildman–Crippen MR) is 86.4 cm³/mol. The van der Waals surface area contributed by atoms with Crippen LogP contribution in [0.3, 0.4) is 0 Å². The molecular formula is C15H20N4O3S. The molecular weight excluding hydrogens is 316 g/mol. The molecule has 1 aromatic heterocycles. The lowest BCUT2D eigenvalue weighted by molar-refractivity contribution is 0.0944. The highest BCUT2D eigenvalue weighted by molar-refractivity contribution is 7.89. The molecule has 0 spiro atoms. The number of benzene rings is 1. The Morgan fingerprint density at radius 1 is 1.17 bits per heavy atom. The minimum absolute atomic E-state index is 0.0703. The van der Waals surface area contributed by atoms with Crippen LogP contribution in [-0.4, -0.2) is 24.1 Å². The Kier molecular flexibility index (Phi) is 4.58. The number of carbonyl (C=O) groups is 1. The number of carbonyl (C=O) groups excluding carboxylic acids is 1. The van der Waals surface area contributed by atoms with Crippen molar-refractivity contribution in [3.05, 3.63) is 46.3 Å². The highest BCUT2D eigenvalue weighted by Gasteiger charge is 2.24. The van der Waals surface area contributed by atoms with Crippen LogP contribution in [0.5, 0.6) is 0 Å². The molecule has 7 nitrogen and oxygen atoms in total. The molecule has 1 aromatic carbocycles. The summed E-state index contributed by atoms with van der Waals surface area (Å²) in [5.74, 6) is -0.509. The number of nitrogens with one attached hydrogen (secondary N) is 2. The van der Waals surface area contributed by atoms with E-state index in [4.69, 9.17) is 0 Å². The highest BCUT2D eigenvalue weighted by atomic mass is 32.2. The smallest absolute Gasteiger partial charge is 0.266 e.